The second-order valence-electron chi connectivity index (χ2n) is 3.39. The highest BCUT2D eigenvalue weighted by molar-refractivity contribution is 8.76. The molecule has 110 valence electrons. The zero-order chi connectivity index (χ0) is 14.7. The van der Waals surface area contributed by atoms with Crippen molar-refractivity contribution in [2.24, 2.45) is 0 Å². The molecule has 0 aliphatic carbocycles. The third-order valence-corrected chi connectivity index (χ3v) is 4.31. The van der Waals surface area contributed by atoms with Crippen molar-refractivity contribution in [1.82, 2.24) is 5.06 Å². The van der Waals surface area contributed by atoms with Crippen LogP contribution in [0.2, 0.25) is 0 Å². The van der Waals surface area contributed by atoms with Gasteiger partial charge in [0.15, 0.2) is 0 Å². The van der Waals surface area contributed by atoms with Gasteiger partial charge in [-0.05, 0) is 6.42 Å². The summed E-state index contributed by atoms with van der Waals surface area (Å²) >= 11 is 0. The summed E-state index contributed by atoms with van der Waals surface area (Å²) in [5.74, 6) is 0.425. The van der Waals surface area contributed by atoms with Gasteiger partial charge in [0.25, 0.3) is 11.8 Å². The van der Waals surface area contributed by atoms with E-state index in [1.54, 1.807) is 28.5 Å². The number of hydrogen-bond acceptors (Lipinski definition) is 7. The molecule has 0 aromatic rings. The van der Waals surface area contributed by atoms with E-state index < -0.39 is 18.0 Å². The zero-order valence-electron chi connectivity index (χ0n) is 11.3. The lowest BCUT2D eigenvalue weighted by Crippen LogP contribution is -2.37. The first-order chi connectivity index (χ1) is 9.02. The number of carbonyl (C=O) groups excluding carboxylic acids is 3. The lowest BCUT2D eigenvalue weighted by atomic mass is 10.4. The van der Waals surface area contributed by atoms with Crippen molar-refractivity contribution in [3.63, 3.8) is 0 Å². The highest BCUT2D eigenvalue weighted by atomic mass is 33.1. The molecular formula is C11H19NO5S2. The molecule has 0 rings (SSSR count). The van der Waals surface area contributed by atoms with Gasteiger partial charge in [0, 0.05) is 24.9 Å². The lowest BCUT2D eigenvalue weighted by Gasteiger charge is -2.16. The Morgan fingerprint density at radius 1 is 1.11 bits per heavy atom. The number of hydrogen-bond donors (Lipinski definition) is 0. The van der Waals surface area contributed by atoms with E-state index in [0.717, 1.165) is 19.1 Å². The summed E-state index contributed by atoms with van der Waals surface area (Å²) < 4.78 is 4.76. The lowest BCUT2D eigenvalue weighted by molar-refractivity contribution is -0.182. The Balaban J connectivity index is 3.88. The van der Waals surface area contributed by atoms with Gasteiger partial charge in [-0.3, -0.25) is 14.4 Å². The zero-order valence-corrected chi connectivity index (χ0v) is 13.0. The first-order valence-corrected chi connectivity index (χ1v) is 8.44. The fraction of sp³-hybridized carbons (Fsp3) is 0.727. The van der Waals surface area contributed by atoms with Gasteiger partial charge < -0.3 is 4.74 Å². The van der Waals surface area contributed by atoms with Gasteiger partial charge in [0.1, 0.15) is 6.61 Å². The molecule has 0 spiro atoms. The predicted octanol–water partition coefficient (Wildman–Crippen LogP) is 2.63. The molecule has 19 heavy (non-hydrogen) atoms. The molecule has 0 aliphatic heterocycles. The minimum absolute atomic E-state index is 0.0658. The quantitative estimate of drug-likeness (QED) is 0.310. The number of carbonyl (C=O) groups is 3. The van der Waals surface area contributed by atoms with Crippen LogP contribution < -0.4 is 0 Å². The average molecular weight is 309 g/mol. The van der Waals surface area contributed by atoms with Crippen molar-refractivity contribution in [1.29, 1.82) is 0 Å². The molecule has 0 unspecified atom stereocenters. The van der Waals surface area contributed by atoms with Gasteiger partial charge >= 0.3 is 6.16 Å². The molecule has 2 amide bonds. The fourth-order valence-corrected chi connectivity index (χ4v) is 2.86. The maximum Gasteiger partial charge on any atom is 0.533 e. The summed E-state index contributed by atoms with van der Waals surface area (Å²) in [4.78, 5) is 38.2. The number of nitrogens with zero attached hydrogens (tertiary/aromatic N) is 1. The Labute approximate surface area is 120 Å². The second kappa shape index (κ2) is 11.0. The summed E-state index contributed by atoms with van der Waals surface area (Å²) in [6.07, 6.45) is 0.113. The minimum Gasteiger partial charge on any atom is -0.432 e. The monoisotopic (exact) mass is 309 g/mol. The minimum atomic E-state index is -1.04. The van der Waals surface area contributed by atoms with E-state index >= 15 is 0 Å². The average Bonchev–Trinajstić information content (AvgIpc) is 2.38. The number of rotatable bonds is 7. The maximum atomic E-state index is 11.3. The molecule has 0 atom stereocenters. The van der Waals surface area contributed by atoms with Crippen LogP contribution in [0.15, 0.2) is 0 Å². The van der Waals surface area contributed by atoms with Gasteiger partial charge in [0.05, 0.1) is 0 Å². The Morgan fingerprint density at radius 3 is 2.26 bits per heavy atom. The molecule has 0 fully saturated rings. The summed E-state index contributed by atoms with van der Waals surface area (Å²) in [6, 6.07) is 0. The first kappa shape index (κ1) is 18.1. The normalized spacial score (nSPS) is 9.84. The van der Waals surface area contributed by atoms with Gasteiger partial charge in [-0.15, -0.1) is 0 Å². The van der Waals surface area contributed by atoms with Crippen LogP contribution in [-0.2, 0) is 19.2 Å². The predicted molar refractivity (Wildman–Crippen MR) is 75.5 cm³/mol. The first-order valence-electron chi connectivity index (χ1n) is 5.95. The Hall–Kier alpha value is -0.890. The van der Waals surface area contributed by atoms with Gasteiger partial charge in [-0.2, -0.15) is 0 Å². The van der Waals surface area contributed by atoms with Crippen LogP contribution in [0.1, 0.15) is 33.6 Å². The van der Waals surface area contributed by atoms with E-state index in [0.29, 0.717) is 10.8 Å². The highest BCUT2D eigenvalue weighted by Gasteiger charge is 2.22. The third-order valence-electron chi connectivity index (χ3n) is 1.74. The standard InChI is InChI=1S/C11H19NO5S2/c1-4-7-18-19-8-6-16-11(15)17-12(9(3)13)10(14)5-2/h4-8H2,1-3H3. The van der Waals surface area contributed by atoms with E-state index in [2.05, 4.69) is 11.8 Å². The fourth-order valence-electron chi connectivity index (χ4n) is 0.895. The van der Waals surface area contributed by atoms with E-state index in [9.17, 15) is 14.4 Å². The van der Waals surface area contributed by atoms with Crippen LogP contribution in [-0.4, -0.2) is 41.1 Å². The SMILES string of the molecule is CCCSSCCOC(=O)ON(C(C)=O)C(=O)CC. The van der Waals surface area contributed by atoms with Gasteiger partial charge in [-0.1, -0.05) is 40.5 Å². The smallest absolute Gasteiger partial charge is 0.432 e. The van der Waals surface area contributed by atoms with Gasteiger partial charge in [-0.25, -0.2) is 4.79 Å². The van der Waals surface area contributed by atoms with Gasteiger partial charge in [0.2, 0.25) is 0 Å². The molecule has 0 aliphatic rings. The molecule has 0 N–H and O–H groups in total. The van der Waals surface area contributed by atoms with Crippen LogP contribution >= 0.6 is 21.6 Å². The van der Waals surface area contributed by atoms with E-state index in [1.807, 2.05) is 0 Å². The van der Waals surface area contributed by atoms with E-state index in [4.69, 9.17) is 4.74 Å². The molecular weight excluding hydrogens is 290 g/mol. The van der Waals surface area contributed by atoms with E-state index in [1.165, 1.54) is 0 Å². The summed E-state index contributed by atoms with van der Waals surface area (Å²) in [6.45, 7) is 4.96. The molecule has 6 nitrogen and oxygen atoms in total. The summed E-state index contributed by atoms with van der Waals surface area (Å²) in [7, 11) is 3.29. The molecule has 0 aromatic heterocycles. The number of imide groups is 1. The molecule has 0 aromatic carbocycles. The van der Waals surface area contributed by atoms with Crippen LogP contribution in [0, 0.1) is 0 Å². The Bertz CT molecular complexity index is 311. The molecule has 0 heterocycles. The topological polar surface area (TPSA) is 72.9 Å². The van der Waals surface area contributed by atoms with Crippen molar-refractivity contribution >= 4 is 39.6 Å². The van der Waals surface area contributed by atoms with Crippen LogP contribution in [0.3, 0.4) is 0 Å². The number of amides is 2. The second-order valence-corrected chi connectivity index (χ2v) is 6.10. The molecule has 0 saturated heterocycles. The molecule has 0 radical (unpaired) electrons. The third kappa shape index (κ3) is 8.77. The van der Waals surface area contributed by atoms with Crippen LogP contribution in [0.25, 0.3) is 0 Å². The Morgan fingerprint density at radius 2 is 1.74 bits per heavy atom. The molecule has 8 heteroatoms. The van der Waals surface area contributed by atoms with Crippen molar-refractivity contribution in [3.8, 4) is 0 Å². The largest absolute Gasteiger partial charge is 0.533 e. The summed E-state index contributed by atoms with van der Waals surface area (Å²) in [5, 5.41) is 0.418. The molecule has 0 saturated carbocycles. The summed E-state index contributed by atoms with van der Waals surface area (Å²) in [5.41, 5.74) is 0. The number of hydroxylamine groups is 2. The van der Waals surface area contributed by atoms with Crippen LogP contribution in [0.5, 0.6) is 0 Å². The van der Waals surface area contributed by atoms with Crippen LogP contribution in [0.4, 0.5) is 4.79 Å². The maximum absolute atomic E-state index is 11.3. The van der Waals surface area contributed by atoms with Crippen molar-refractivity contribution in [3.05, 3.63) is 0 Å². The molecule has 0 bridgehead atoms. The highest BCUT2D eigenvalue weighted by Crippen LogP contribution is 2.21. The Kier molecular flexibility index (Phi) is 10.5. The number of ether oxygens (including phenoxy) is 1. The van der Waals surface area contributed by atoms with Crippen molar-refractivity contribution in [2.45, 2.75) is 33.6 Å². The van der Waals surface area contributed by atoms with E-state index in [-0.39, 0.29) is 13.0 Å². The van der Waals surface area contributed by atoms with Crippen molar-refractivity contribution < 1.29 is 24.0 Å². The van der Waals surface area contributed by atoms with Crippen molar-refractivity contribution in [2.75, 3.05) is 18.1 Å².